The molecule has 3 N–H and O–H groups in total. The van der Waals surface area contributed by atoms with Crippen molar-refractivity contribution in [3.05, 3.63) is 0 Å². The highest BCUT2D eigenvalue weighted by molar-refractivity contribution is 6.02. The van der Waals surface area contributed by atoms with Crippen LogP contribution in [0, 0.1) is 0 Å². The van der Waals surface area contributed by atoms with Gasteiger partial charge < -0.3 is 62.9 Å². The Labute approximate surface area is 370 Å². The number of imide groups is 3. The number of hydrogen-bond acceptors (Lipinski definition) is 27. The van der Waals surface area contributed by atoms with E-state index in [1.54, 1.807) is 0 Å². The van der Waals surface area contributed by atoms with Gasteiger partial charge in [0.1, 0.15) is 37.6 Å². The summed E-state index contributed by atoms with van der Waals surface area (Å²) in [6, 6.07) is 0. The van der Waals surface area contributed by atoms with Gasteiger partial charge >= 0.3 is 36.5 Å². The Morgan fingerprint density at radius 1 is 0.530 bits per heavy atom. The van der Waals surface area contributed by atoms with Crippen LogP contribution in [0.15, 0.2) is 0 Å². The van der Waals surface area contributed by atoms with Crippen LogP contribution in [0.4, 0.5) is 19.2 Å². The molecule has 5 fully saturated rings. The minimum Gasteiger partial charge on any atom is -0.457 e. The minimum absolute atomic E-state index is 0.124. The lowest BCUT2D eigenvalue weighted by molar-refractivity contribution is -0.301. The van der Waals surface area contributed by atoms with E-state index >= 15 is 0 Å². The van der Waals surface area contributed by atoms with Gasteiger partial charge in [-0.25, -0.2) is 19.2 Å². The van der Waals surface area contributed by atoms with Crippen LogP contribution in [-0.4, -0.2) is 193 Å². The fourth-order valence-electron chi connectivity index (χ4n) is 6.23. The van der Waals surface area contributed by atoms with Crippen molar-refractivity contribution in [2.45, 2.75) is 114 Å². The molecule has 5 heterocycles. The predicted molar refractivity (Wildman–Crippen MR) is 193 cm³/mol. The Hall–Kier alpha value is -6.80. The second-order valence-electron chi connectivity index (χ2n) is 13.8. The third kappa shape index (κ3) is 13.4. The summed E-state index contributed by atoms with van der Waals surface area (Å²) in [7, 11) is 3.69. The van der Waals surface area contributed by atoms with Crippen LogP contribution in [0.25, 0.3) is 0 Å². The molecule has 0 saturated carbocycles. The number of alkyl carbamates (subject to hydrolysis) is 1. The van der Waals surface area contributed by atoms with Crippen LogP contribution >= 0.6 is 0 Å². The monoisotopic (exact) mass is 952 g/mol. The minimum atomic E-state index is -2.11. The first kappa shape index (κ1) is 51.8. The molecule has 66 heavy (non-hydrogen) atoms. The fraction of sp³-hybridized carbons (Fsp3) is 0.657. The van der Waals surface area contributed by atoms with E-state index in [2.05, 4.69) is 19.8 Å². The summed E-state index contributed by atoms with van der Waals surface area (Å²) in [5.41, 5.74) is 0. The summed E-state index contributed by atoms with van der Waals surface area (Å²) in [6.07, 6.45) is -22.3. The molecule has 0 aliphatic carbocycles. The van der Waals surface area contributed by atoms with Crippen LogP contribution in [0.5, 0.6) is 0 Å². The van der Waals surface area contributed by atoms with E-state index in [4.69, 9.17) is 47.4 Å². The third-order valence-electron chi connectivity index (χ3n) is 9.23. The molecule has 0 aromatic rings. The van der Waals surface area contributed by atoms with E-state index in [0.717, 1.165) is 21.0 Å². The highest BCUT2D eigenvalue weighted by Crippen LogP contribution is 2.30. The Bertz CT molecular complexity index is 1860. The number of ether oxygens (including phenoxy) is 10. The SMILES string of the molecule is CNC(=O)OCC1OC(OC)C(OC(C)=O)C(O)C1OC(C)=O.COC1OC(COC(=O)ON2C(=O)CCC2=O)C(OC(=O)ON2C(=O)CCC2=O)C(O)C1OC(=O)ON1C(=O)CCC1=O. The van der Waals surface area contributed by atoms with Gasteiger partial charge in [0.25, 0.3) is 35.4 Å². The van der Waals surface area contributed by atoms with Crippen molar-refractivity contribution in [2.24, 2.45) is 0 Å². The third-order valence-corrected chi connectivity index (χ3v) is 9.23. The Morgan fingerprint density at radius 2 is 0.848 bits per heavy atom. The number of amides is 7. The lowest BCUT2D eigenvalue weighted by atomic mass is 9.98. The first-order chi connectivity index (χ1) is 31.2. The van der Waals surface area contributed by atoms with Gasteiger partial charge in [0.15, 0.2) is 37.0 Å². The zero-order valence-corrected chi connectivity index (χ0v) is 35.4. The van der Waals surface area contributed by atoms with Crippen molar-refractivity contribution in [1.82, 2.24) is 20.5 Å². The zero-order chi connectivity index (χ0) is 49.0. The van der Waals surface area contributed by atoms with Crippen LogP contribution in [0.2, 0.25) is 0 Å². The molecule has 0 aromatic heterocycles. The number of esters is 2. The van der Waals surface area contributed by atoms with Crippen molar-refractivity contribution in [1.29, 1.82) is 0 Å². The van der Waals surface area contributed by atoms with Gasteiger partial charge in [0.05, 0.1) is 0 Å². The molecule has 366 valence electrons. The van der Waals surface area contributed by atoms with E-state index in [1.807, 2.05) is 0 Å². The van der Waals surface area contributed by atoms with Gasteiger partial charge in [-0.15, -0.1) is 0 Å². The standard InChI is InChI=1S/C22H23N3O18.C13H21NO9/c1-36-19-18(40-22(35)43-25-14(30)6-7-15(25)31)16(32)17(39-21(34)42-24-12(28)4-5-13(24)29)9(38-19)8-37-20(33)41-23-10(26)2-3-11(23)27;1-6(15)21-10-8(5-20-13(18)14-3)23-12(19-4)11(9(10)17)22-7(2)16/h9,16-19,32H,2-8H2,1H3;8-12,17H,5H2,1-4H3,(H,14,18). The Morgan fingerprint density at radius 3 is 1.21 bits per heavy atom. The Kier molecular flexibility index (Phi) is 18.4. The van der Waals surface area contributed by atoms with Crippen molar-refractivity contribution >= 4 is 71.9 Å². The normalized spacial score (nSPS) is 28.4. The van der Waals surface area contributed by atoms with Gasteiger partial charge in [-0.1, -0.05) is 15.2 Å². The zero-order valence-electron chi connectivity index (χ0n) is 35.4. The van der Waals surface area contributed by atoms with Gasteiger partial charge in [-0.05, 0) is 0 Å². The largest absolute Gasteiger partial charge is 0.534 e. The summed E-state index contributed by atoms with van der Waals surface area (Å²) >= 11 is 0. The number of methoxy groups -OCH3 is 2. The molecular weight excluding hydrogens is 908 g/mol. The number of hydroxylamine groups is 6. The molecule has 31 nitrogen and oxygen atoms in total. The second kappa shape index (κ2) is 23.4. The number of carbonyl (C=O) groups excluding carboxylic acids is 12. The molecule has 31 heteroatoms. The first-order valence-corrected chi connectivity index (χ1v) is 19.3. The molecule has 0 bridgehead atoms. The molecule has 0 radical (unpaired) electrons. The fourth-order valence-corrected chi connectivity index (χ4v) is 6.23. The number of aliphatic hydroxyl groups excluding tert-OH is 2. The molecular formula is C35H44N4O27. The molecule has 10 unspecified atom stereocenters. The maximum Gasteiger partial charge on any atom is 0.534 e. The van der Waals surface area contributed by atoms with Gasteiger partial charge in [-0.2, -0.15) is 0 Å². The van der Waals surface area contributed by atoms with Crippen molar-refractivity contribution in [3.8, 4) is 0 Å². The van der Waals surface area contributed by atoms with E-state index in [0.29, 0.717) is 0 Å². The maximum absolute atomic E-state index is 12.5. The number of hydrogen-bond donors (Lipinski definition) is 3. The molecule has 10 atom stereocenters. The molecule has 5 saturated heterocycles. The van der Waals surface area contributed by atoms with Gasteiger partial charge in [0, 0.05) is 73.6 Å². The topological polar surface area (TPSA) is 387 Å². The smallest absolute Gasteiger partial charge is 0.457 e. The molecule has 0 spiro atoms. The van der Waals surface area contributed by atoms with E-state index in [-0.39, 0.29) is 60.3 Å². The molecule has 7 amide bonds. The number of rotatable bonds is 13. The van der Waals surface area contributed by atoms with E-state index in [1.165, 1.54) is 14.2 Å². The summed E-state index contributed by atoms with van der Waals surface area (Å²) in [5, 5.41) is 24.0. The first-order valence-electron chi connectivity index (χ1n) is 19.3. The van der Waals surface area contributed by atoms with Crippen LogP contribution in [0.3, 0.4) is 0 Å². The average molecular weight is 953 g/mol. The van der Waals surface area contributed by atoms with Crippen molar-refractivity contribution in [2.75, 3.05) is 34.5 Å². The average Bonchev–Trinajstić information content (AvgIpc) is 3.88. The van der Waals surface area contributed by atoms with Gasteiger partial charge in [-0.3, -0.25) is 52.9 Å². The summed E-state index contributed by atoms with van der Waals surface area (Å²) in [6.45, 7) is 1.08. The number of nitrogens with zero attached hydrogens (tertiary/aromatic N) is 3. The number of carbonyl (C=O) groups is 12. The van der Waals surface area contributed by atoms with E-state index < -0.39 is 140 Å². The van der Waals surface area contributed by atoms with Crippen LogP contribution in [0.1, 0.15) is 52.4 Å². The lowest BCUT2D eigenvalue weighted by Crippen LogP contribution is -2.62. The number of aliphatic hydroxyl groups is 2. The van der Waals surface area contributed by atoms with Crippen LogP contribution < -0.4 is 5.32 Å². The summed E-state index contributed by atoms with van der Waals surface area (Å²) in [4.78, 5) is 155. The van der Waals surface area contributed by atoms with Crippen molar-refractivity contribution < 1.29 is 130 Å². The van der Waals surface area contributed by atoms with Crippen LogP contribution in [-0.2, 0) is 100 Å². The highest BCUT2D eigenvalue weighted by Gasteiger charge is 2.53. The molecule has 5 aliphatic heterocycles. The Balaban J connectivity index is 0.000000350. The summed E-state index contributed by atoms with van der Waals surface area (Å²) in [5.74, 6) is -6.41. The van der Waals surface area contributed by atoms with Crippen molar-refractivity contribution in [3.63, 3.8) is 0 Å². The summed E-state index contributed by atoms with van der Waals surface area (Å²) < 4.78 is 50.7. The van der Waals surface area contributed by atoms with Gasteiger partial charge in [0.2, 0.25) is 0 Å². The molecule has 0 aromatic carbocycles. The second-order valence-corrected chi connectivity index (χ2v) is 13.8. The highest BCUT2D eigenvalue weighted by atomic mass is 16.9. The number of nitrogens with one attached hydrogen (secondary N) is 1. The molecule has 5 rings (SSSR count). The predicted octanol–water partition coefficient (Wildman–Crippen LogP) is -2.95. The quantitative estimate of drug-likeness (QED) is 0.0943. The molecule has 5 aliphatic rings. The maximum atomic E-state index is 12.5. The van der Waals surface area contributed by atoms with E-state index in [9.17, 15) is 67.7 Å². The lowest BCUT2D eigenvalue weighted by Gasteiger charge is -2.42.